The van der Waals surface area contributed by atoms with E-state index in [0.29, 0.717) is 32.5 Å². The molecule has 2 fully saturated rings. The maximum absolute atomic E-state index is 12.4. The number of carboxylic acid groups (broad SMARTS) is 1. The van der Waals surface area contributed by atoms with Gasteiger partial charge in [0.15, 0.2) is 0 Å². The van der Waals surface area contributed by atoms with Gasteiger partial charge in [0.2, 0.25) is 5.91 Å². The highest BCUT2D eigenvalue weighted by Crippen LogP contribution is 2.27. The summed E-state index contributed by atoms with van der Waals surface area (Å²) in [4.78, 5) is 40.5. The molecule has 8 heteroatoms. The van der Waals surface area contributed by atoms with E-state index in [1.165, 1.54) is 0 Å². The zero-order valence-corrected chi connectivity index (χ0v) is 15.4. The molecule has 0 aromatic heterocycles. The highest BCUT2D eigenvalue weighted by molar-refractivity contribution is 5.80. The normalized spacial score (nSPS) is 23.9. The van der Waals surface area contributed by atoms with Gasteiger partial charge in [-0.2, -0.15) is 0 Å². The van der Waals surface area contributed by atoms with Gasteiger partial charge < -0.3 is 20.2 Å². The monoisotopic (exact) mass is 354 g/mol. The number of urea groups is 1. The summed E-state index contributed by atoms with van der Waals surface area (Å²) in [5, 5.41) is 12.0. The second-order valence-electron chi connectivity index (χ2n) is 7.23. The number of hydrogen-bond acceptors (Lipinski definition) is 4. The fourth-order valence-corrected chi connectivity index (χ4v) is 3.61. The molecule has 0 aromatic carbocycles. The SMILES string of the molecule is CCN(CC(=O)O)C1CC(NC(=O)C2CCN(C(=O)N(C)C)CC2)C1. The molecule has 3 amide bonds. The number of carboxylic acids is 1. The lowest BCUT2D eigenvalue weighted by Crippen LogP contribution is -2.56. The Morgan fingerprint density at radius 1 is 1.16 bits per heavy atom. The molecular weight excluding hydrogens is 324 g/mol. The lowest BCUT2D eigenvalue weighted by atomic mass is 9.84. The quantitative estimate of drug-likeness (QED) is 0.722. The van der Waals surface area contributed by atoms with E-state index in [4.69, 9.17) is 5.11 Å². The van der Waals surface area contributed by atoms with Crippen molar-refractivity contribution < 1.29 is 19.5 Å². The predicted octanol–water partition coefficient (Wildman–Crippen LogP) is 0.434. The van der Waals surface area contributed by atoms with Crippen LogP contribution in [0, 0.1) is 5.92 Å². The van der Waals surface area contributed by atoms with Gasteiger partial charge in [0.25, 0.3) is 0 Å². The Morgan fingerprint density at radius 3 is 2.24 bits per heavy atom. The standard InChI is InChI=1S/C17H30N4O4/c1-4-20(11-15(22)23)14-9-13(10-14)18-16(24)12-5-7-21(8-6-12)17(25)19(2)3/h12-14H,4-11H2,1-3H3,(H,18,24)(H,22,23). The summed E-state index contributed by atoms with van der Waals surface area (Å²) < 4.78 is 0. The Balaban J connectivity index is 1.70. The number of aliphatic carboxylic acids is 1. The summed E-state index contributed by atoms with van der Waals surface area (Å²) >= 11 is 0. The number of likely N-dealkylation sites (tertiary alicyclic amines) is 1. The van der Waals surface area contributed by atoms with Crippen LogP contribution in [-0.4, -0.2) is 90.1 Å². The summed E-state index contributed by atoms with van der Waals surface area (Å²) in [6.45, 7) is 3.95. The minimum Gasteiger partial charge on any atom is -0.480 e. The number of nitrogens with one attached hydrogen (secondary N) is 1. The molecule has 2 rings (SSSR count). The van der Waals surface area contributed by atoms with E-state index >= 15 is 0 Å². The minimum absolute atomic E-state index is 0.00113. The molecule has 2 aliphatic rings. The third kappa shape index (κ3) is 5.07. The van der Waals surface area contributed by atoms with Crippen LogP contribution in [0.1, 0.15) is 32.6 Å². The second kappa shape index (κ2) is 8.51. The van der Waals surface area contributed by atoms with E-state index in [1.807, 2.05) is 11.8 Å². The van der Waals surface area contributed by atoms with Crippen LogP contribution in [0.25, 0.3) is 0 Å². The van der Waals surface area contributed by atoms with Crippen molar-refractivity contribution in [3.63, 3.8) is 0 Å². The molecule has 0 aromatic rings. The molecule has 0 bridgehead atoms. The lowest BCUT2D eigenvalue weighted by molar-refractivity contribution is -0.140. The average Bonchev–Trinajstić information content (AvgIpc) is 2.54. The molecule has 1 saturated heterocycles. The van der Waals surface area contributed by atoms with Gasteiger partial charge in [-0.25, -0.2) is 4.79 Å². The highest BCUT2D eigenvalue weighted by atomic mass is 16.4. The van der Waals surface area contributed by atoms with Gasteiger partial charge in [-0.3, -0.25) is 14.5 Å². The van der Waals surface area contributed by atoms with Crippen LogP contribution in [-0.2, 0) is 9.59 Å². The van der Waals surface area contributed by atoms with Crippen LogP contribution in [0.3, 0.4) is 0 Å². The van der Waals surface area contributed by atoms with Gasteiger partial charge in [0.05, 0.1) is 6.54 Å². The lowest BCUT2D eigenvalue weighted by Gasteiger charge is -2.43. The van der Waals surface area contributed by atoms with Crippen molar-refractivity contribution in [3.05, 3.63) is 0 Å². The van der Waals surface area contributed by atoms with E-state index in [2.05, 4.69) is 5.32 Å². The molecule has 0 atom stereocenters. The second-order valence-corrected chi connectivity index (χ2v) is 7.23. The number of hydrogen-bond donors (Lipinski definition) is 2. The Morgan fingerprint density at radius 2 is 1.76 bits per heavy atom. The fourth-order valence-electron chi connectivity index (χ4n) is 3.61. The van der Waals surface area contributed by atoms with Gasteiger partial charge in [-0.15, -0.1) is 0 Å². The maximum atomic E-state index is 12.4. The maximum Gasteiger partial charge on any atom is 0.319 e. The van der Waals surface area contributed by atoms with Gasteiger partial charge in [-0.05, 0) is 32.2 Å². The third-order valence-electron chi connectivity index (χ3n) is 5.24. The van der Waals surface area contributed by atoms with Crippen LogP contribution in [0.2, 0.25) is 0 Å². The van der Waals surface area contributed by atoms with Crippen molar-refractivity contribution in [1.29, 1.82) is 0 Å². The molecule has 2 N–H and O–H groups in total. The zero-order valence-electron chi connectivity index (χ0n) is 15.4. The Hall–Kier alpha value is -1.83. The molecule has 1 aliphatic heterocycles. The summed E-state index contributed by atoms with van der Waals surface area (Å²) in [6, 6.07) is 0.381. The van der Waals surface area contributed by atoms with E-state index in [0.717, 1.165) is 12.8 Å². The number of carbonyl (C=O) groups is 3. The number of carbonyl (C=O) groups excluding carboxylic acids is 2. The van der Waals surface area contributed by atoms with Gasteiger partial charge in [-0.1, -0.05) is 6.92 Å². The molecule has 0 radical (unpaired) electrons. The molecule has 1 heterocycles. The number of piperidine rings is 1. The van der Waals surface area contributed by atoms with Crippen LogP contribution >= 0.6 is 0 Å². The van der Waals surface area contributed by atoms with Crippen LogP contribution < -0.4 is 5.32 Å². The molecule has 8 nitrogen and oxygen atoms in total. The summed E-state index contributed by atoms with van der Waals surface area (Å²) in [7, 11) is 3.47. The van der Waals surface area contributed by atoms with Gasteiger partial charge in [0, 0.05) is 45.2 Å². The van der Waals surface area contributed by atoms with Crippen molar-refractivity contribution in [3.8, 4) is 0 Å². The average molecular weight is 354 g/mol. The smallest absolute Gasteiger partial charge is 0.319 e. The van der Waals surface area contributed by atoms with E-state index < -0.39 is 5.97 Å². The zero-order chi connectivity index (χ0) is 18.6. The molecular formula is C17H30N4O4. The first-order chi connectivity index (χ1) is 11.8. The predicted molar refractivity (Wildman–Crippen MR) is 93.2 cm³/mol. The first-order valence-corrected chi connectivity index (χ1v) is 9.04. The van der Waals surface area contributed by atoms with E-state index in [1.54, 1.807) is 23.9 Å². The molecule has 1 aliphatic carbocycles. The summed E-state index contributed by atoms with van der Waals surface area (Å²) in [5.74, 6) is -0.776. The van der Waals surface area contributed by atoms with Crippen molar-refractivity contribution in [1.82, 2.24) is 20.0 Å². The minimum atomic E-state index is -0.812. The van der Waals surface area contributed by atoms with Crippen LogP contribution in [0.4, 0.5) is 4.79 Å². The topological polar surface area (TPSA) is 93.2 Å². The third-order valence-corrected chi connectivity index (χ3v) is 5.24. The van der Waals surface area contributed by atoms with Crippen molar-refractivity contribution >= 4 is 17.9 Å². The largest absolute Gasteiger partial charge is 0.480 e. The summed E-state index contributed by atoms with van der Waals surface area (Å²) in [5.41, 5.74) is 0. The van der Waals surface area contributed by atoms with Crippen LogP contribution in [0.15, 0.2) is 0 Å². The van der Waals surface area contributed by atoms with Crippen molar-refractivity contribution in [2.24, 2.45) is 5.92 Å². The van der Waals surface area contributed by atoms with E-state index in [9.17, 15) is 14.4 Å². The number of amides is 3. The highest BCUT2D eigenvalue weighted by Gasteiger charge is 2.36. The van der Waals surface area contributed by atoms with Crippen molar-refractivity contribution in [2.75, 3.05) is 40.3 Å². The Bertz CT molecular complexity index is 497. The number of nitrogens with zero attached hydrogens (tertiary/aromatic N) is 3. The number of rotatable bonds is 6. The first kappa shape index (κ1) is 19.5. The molecule has 142 valence electrons. The fraction of sp³-hybridized carbons (Fsp3) is 0.824. The number of likely N-dealkylation sites (N-methyl/N-ethyl adjacent to an activating group) is 1. The Labute approximate surface area is 149 Å². The first-order valence-electron chi connectivity index (χ1n) is 9.04. The molecule has 0 unspecified atom stereocenters. The Kier molecular flexibility index (Phi) is 6.64. The van der Waals surface area contributed by atoms with Gasteiger partial charge >= 0.3 is 12.0 Å². The van der Waals surface area contributed by atoms with Crippen molar-refractivity contribution in [2.45, 2.75) is 44.7 Å². The summed E-state index contributed by atoms with van der Waals surface area (Å²) in [6.07, 6.45) is 3.01. The molecule has 0 spiro atoms. The van der Waals surface area contributed by atoms with E-state index in [-0.39, 0.29) is 36.5 Å². The molecule has 1 saturated carbocycles. The van der Waals surface area contributed by atoms with Crippen LogP contribution in [0.5, 0.6) is 0 Å². The molecule has 25 heavy (non-hydrogen) atoms. The van der Waals surface area contributed by atoms with Gasteiger partial charge in [0.1, 0.15) is 0 Å².